The Morgan fingerprint density at radius 2 is 1.83 bits per heavy atom. The topological polar surface area (TPSA) is 66.5 Å². The van der Waals surface area contributed by atoms with Crippen molar-refractivity contribution in [2.45, 2.75) is 12.7 Å². The second kappa shape index (κ2) is 2.48. The highest BCUT2D eigenvalue weighted by atomic mass is 31.2. The molecule has 4 heteroatoms. The summed E-state index contributed by atoms with van der Waals surface area (Å²) < 4.78 is 0. The molecule has 0 aromatic carbocycles. The van der Waals surface area contributed by atoms with Gasteiger partial charge < -0.3 is 15.5 Å². The van der Waals surface area contributed by atoms with Gasteiger partial charge in [-0.25, -0.2) is 0 Å². The fourth-order valence-corrected chi connectivity index (χ4v) is 0. The maximum atomic E-state index is 8.12. The molecule has 0 aliphatic heterocycles. The van der Waals surface area contributed by atoms with Gasteiger partial charge in [-0.1, -0.05) is 0 Å². The third-order valence-electron chi connectivity index (χ3n) is 0.364. The highest BCUT2D eigenvalue weighted by Gasteiger charge is 2.01. The normalized spacial score (nSPS) is 15.5. The van der Waals surface area contributed by atoms with Crippen LogP contribution in [0.1, 0.15) is 6.92 Å². The van der Waals surface area contributed by atoms with Gasteiger partial charge in [0.1, 0.15) is 0 Å². The maximum absolute atomic E-state index is 8.12. The Morgan fingerprint density at radius 1 is 1.67 bits per heavy atom. The lowest BCUT2D eigenvalue weighted by Crippen LogP contribution is -2.10. The van der Waals surface area contributed by atoms with Crippen molar-refractivity contribution >= 4 is 8.38 Å². The van der Waals surface area contributed by atoms with E-state index in [2.05, 4.69) is 0 Å². The van der Waals surface area contributed by atoms with Crippen molar-refractivity contribution in [3.05, 3.63) is 0 Å². The Kier molecular flexibility index (Phi) is 2.61. The van der Waals surface area contributed by atoms with E-state index in [1.54, 1.807) is 6.92 Å². The minimum absolute atomic E-state index is 0.472. The first-order valence-corrected chi connectivity index (χ1v) is 2.89. The summed E-state index contributed by atoms with van der Waals surface area (Å²) >= 11 is 0. The Hall–Kier alpha value is 0.310. The summed E-state index contributed by atoms with van der Waals surface area (Å²) in [7, 11) is -1.88. The molecule has 6 heavy (non-hydrogen) atoms. The molecule has 0 fully saturated rings. The van der Waals surface area contributed by atoms with Crippen molar-refractivity contribution in [1.82, 2.24) is 0 Å². The average molecular weight is 109 g/mol. The van der Waals surface area contributed by atoms with Crippen LogP contribution in [0.4, 0.5) is 0 Å². The molecule has 0 aliphatic rings. The fraction of sp³-hybridized carbons (Fsp3) is 1.00. The highest BCUT2D eigenvalue weighted by Crippen LogP contribution is 2.25. The zero-order valence-corrected chi connectivity index (χ0v) is 4.39. The number of rotatable bonds is 1. The van der Waals surface area contributed by atoms with Gasteiger partial charge in [-0.15, -0.1) is 0 Å². The van der Waals surface area contributed by atoms with Crippen LogP contribution in [-0.2, 0) is 0 Å². The third kappa shape index (κ3) is 2.54. The van der Waals surface area contributed by atoms with Crippen LogP contribution in [0.25, 0.3) is 0 Å². The monoisotopic (exact) mass is 109 g/mol. The molecule has 0 amide bonds. The Balaban J connectivity index is 2.99. The van der Waals surface area contributed by atoms with Crippen molar-refractivity contribution in [2.24, 2.45) is 5.73 Å². The van der Waals surface area contributed by atoms with E-state index >= 15 is 0 Å². The molecule has 0 heterocycles. The van der Waals surface area contributed by atoms with Gasteiger partial charge >= 0.3 is 0 Å². The summed E-state index contributed by atoms with van der Waals surface area (Å²) in [4.78, 5) is 16.2. The van der Waals surface area contributed by atoms with Gasteiger partial charge in [0.2, 0.25) is 0 Å². The molecule has 0 radical (unpaired) electrons. The van der Waals surface area contributed by atoms with E-state index in [1.807, 2.05) is 0 Å². The molecule has 0 aromatic heterocycles. The molecule has 0 aromatic rings. The van der Waals surface area contributed by atoms with Crippen molar-refractivity contribution in [2.75, 3.05) is 0 Å². The van der Waals surface area contributed by atoms with Crippen LogP contribution in [0.2, 0.25) is 0 Å². The van der Waals surface area contributed by atoms with E-state index in [0.29, 0.717) is 0 Å². The summed E-state index contributed by atoms with van der Waals surface area (Å²) in [6.45, 7) is 1.55. The SMILES string of the molecule is C[C@H](N)P(O)O. The molecule has 0 unspecified atom stereocenters. The van der Waals surface area contributed by atoms with Gasteiger partial charge in [-0.3, -0.25) is 0 Å². The second-order valence-electron chi connectivity index (χ2n) is 1.06. The predicted molar refractivity (Wildman–Crippen MR) is 25.0 cm³/mol. The minimum atomic E-state index is -1.88. The lowest BCUT2D eigenvalue weighted by molar-refractivity contribution is 0.469. The molecule has 4 N–H and O–H groups in total. The standard InChI is InChI=1S/C2H8NO2P/c1-2(3)6(4)5/h2,4-5H,3H2,1H3/t2-/m1/s1. The molecule has 0 spiro atoms. The Bertz CT molecular complexity index is 32.5. The zero-order chi connectivity index (χ0) is 5.15. The van der Waals surface area contributed by atoms with E-state index in [-0.39, 0.29) is 0 Å². The summed E-state index contributed by atoms with van der Waals surface area (Å²) in [6.07, 6.45) is 0. The lowest BCUT2D eigenvalue weighted by Gasteiger charge is -2.02. The first kappa shape index (κ1) is 6.31. The van der Waals surface area contributed by atoms with Gasteiger partial charge in [0.15, 0.2) is 8.38 Å². The van der Waals surface area contributed by atoms with E-state index in [4.69, 9.17) is 15.5 Å². The quantitative estimate of drug-likeness (QED) is 0.401. The molecule has 1 atom stereocenters. The Labute approximate surface area is 37.7 Å². The summed E-state index contributed by atoms with van der Waals surface area (Å²) in [6, 6.07) is 0. The Morgan fingerprint density at radius 3 is 1.83 bits per heavy atom. The number of hydrogen-bond donors (Lipinski definition) is 3. The van der Waals surface area contributed by atoms with Gasteiger partial charge in [0, 0.05) is 0 Å². The van der Waals surface area contributed by atoms with Crippen LogP contribution in [0.3, 0.4) is 0 Å². The van der Waals surface area contributed by atoms with Crippen molar-refractivity contribution < 1.29 is 9.79 Å². The maximum Gasteiger partial charge on any atom is 0.182 e. The fourth-order valence-electron chi connectivity index (χ4n) is 0. The lowest BCUT2D eigenvalue weighted by atomic mass is 10.8. The highest BCUT2D eigenvalue weighted by molar-refractivity contribution is 7.45. The van der Waals surface area contributed by atoms with Crippen LogP contribution in [-0.4, -0.2) is 15.6 Å². The van der Waals surface area contributed by atoms with Crippen LogP contribution < -0.4 is 5.73 Å². The molecule has 0 saturated heterocycles. The van der Waals surface area contributed by atoms with Crippen LogP contribution in [0.5, 0.6) is 0 Å². The molecular weight excluding hydrogens is 101 g/mol. The average Bonchev–Trinajstić information content (AvgIpc) is 1.36. The van der Waals surface area contributed by atoms with E-state index in [0.717, 1.165) is 0 Å². The van der Waals surface area contributed by atoms with Gasteiger partial charge in [-0.2, -0.15) is 0 Å². The molecule has 0 rings (SSSR count). The summed E-state index contributed by atoms with van der Waals surface area (Å²) in [5.41, 5.74) is 4.96. The minimum Gasteiger partial charge on any atom is -0.349 e. The van der Waals surface area contributed by atoms with Gasteiger partial charge in [0.05, 0.1) is 5.78 Å². The third-order valence-corrected chi connectivity index (χ3v) is 1.09. The smallest absolute Gasteiger partial charge is 0.182 e. The van der Waals surface area contributed by atoms with Crippen LogP contribution >= 0.6 is 8.38 Å². The zero-order valence-electron chi connectivity index (χ0n) is 3.50. The van der Waals surface area contributed by atoms with Crippen molar-refractivity contribution in [3.8, 4) is 0 Å². The van der Waals surface area contributed by atoms with Crippen LogP contribution in [0, 0.1) is 0 Å². The number of nitrogens with two attached hydrogens (primary N) is 1. The molecule has 3 nitrogen and oxygen atoms in total. The van der Waals surface area contributed by atoms with Crippen molar-refractivity contribution in [1.29, 1.82) is 0 Å². The van der Waals surface area contributed by atoms with E-state index in [1.165, 1.54) is 0 Å². The van der Waals surface area contributed by atoms with Gasteiger partial charge in [-0.05, 0) is 6.92 Å². The van der Waals surface area contributed by atoms with E-state index < -0.39 is 14.2 Å². The predicted octanol–water partition coefficient (Wildman–Crippen LogP) is -0.412. The molecule has 0 saturated carbocycles. The van der Waals surface area contributed by atoms with E-state index in [9.17, 15) is 0 Å². The summed E-state index contributed by atoms with van der Waals surface area (Å²) in [5, 5.41) is 0. The van der Waals surface area contributed by atoms with Crippen LogP contribution in [0.15, 0.2) is 0 Å². The molecule has 0 bridgehead atoms. The van der Waals surface area contributed by atoms with Gasteiger partial charge in [0.25, 0.3) is 0 Å². The molecule has 38 valence electrons. The second-order valence-corrected chi connectivity index (χ2v) is 2.52. The summed E-state index contributed by atoms with van der Waals surface area (Å²) in [5.74, 6) is -0.472. The molecule has 0 aliphatic carbocycles. The first-order valence-electron chi connectivity index (χ1n) is 1.57. The molecular formula is C2H8NO2P. The van der Waals surface area contributed by atoms with Crippen molar-refractivity contribution in [3.63, 3.8) is 0 Å². The first-order chi connectivity index (χ1) is 2.64. The number of hydrogen-bond acceptors (Lipinski definition) is 3. The largest absolute Gasteiger partial charge is 0.349 e.